The number of carboxylic acid groups (broad SMARTS) is 1. The van der Waals surface area contributed by atoms with Crippen LogP contribution in [0.3, 0.4) is 0 Å². The number of nitrogens with zero attached hydrogens (tertiary/aromatic N) is 1. The molecule has 0 aliphatic carbocycles. The van der Waals surface area contributed by atoms with Crippen LogP contribution >= 0.6 is 0 Å². The van der Waals surface area contributed by atoms with Gasteiger partial charge in [0.1, 0.15) is 13.2 Å². The molecule has 0 saturated carbocycles. The van der Waals surface area contributed by atoms with Gasteiger partial charge in [0, 0.05) is 12.8 Å². The third-order valence-corrected chi connectivity index (χ3v) is 12.8. The van der Waals surface area contributed by atoms with Crippen molar-refractivity contribution in [1.29, 1.82) is 0 Å². The van der Waals surface area contributed by atoms with Gasteiger partial charge in [-0.25, -0.2) is 0 Å². The van der Waals surface area contributed by atoms with Crippen molar-refractivity contribution in [2.45, 2.75) is 270 Å². The fourth-order valence-corrected chi connectivity index (χ4v) is 8.27. The molecule has 0 fully saturated rings. The van der Waals surface area contributed by atoms with Gasteiger partial charge in [-0.15, -0.1) is 0 Å². The summed E-state index contributed by atoms with van der Waals surface area (Å²) in [5, 5.41) is 11.8. The molecule has 0 saturated heterocycles. The number of hydrogen-bond acceptors (Lipinski definition) is 8. The third-order valence-electron chi connectivity index (χ3n) is 12.8. The first-order valence-corrected chi connectivity index (χ1v) is 29.4. The number of allylic oxidation sites excluding steroid dienone is 10. The highest BCUT2D eigenvalue weighted by Gasteiger charge is 2.22. The number of hydrogen-bond donors (Lipinski definition) is 0. The maximum atomic E-state index is 12.9. The van der Waals surface area contributed by atoms with Crippen LogP contribution in [0, 0.1) is 0 Å². The van der Waals surface area contributed by atoms with E-state index in [0.29, 0.717) is 23.9 Å². The number of ether oxygens (including phenoxy) is 4. The van der Waals surface area contributed by atoms with E-state index in [1.165, 1.54) is 154 Å². The number of likely N-dealkylation sites (N-methyl/N-ethyl adjacent to an activating group) is 1. The number of quaternary nitrogens is 1. The van der Waals surface area contributed by atoms with Gasteiger partial charge in [0.15, 0.2) is 12.4 Å². The summed E-state index contributed by atoms with van der Waals surface area (Å²) in [4.78, 5) is 37.3. The predicted molar refractivity (Wildman–Crippen MR) is 297 cm³/mol. The normalized spacial score (nSPS) is 13.2. The topological polar surface area (TPSA) is 111 Å². The number of carbonyl (C=O) groups excluding carboxylic acids is 3. The maximum absolute atomic E-state index is 12.9. The smallest absolute Gasteiger partial charge is 0.306 e. The molecular weight excluding hydrogens is 887 g/mol. The van der Waals surface area contributed by atoms with Gasteiger partial charge < -0.3 is 33.3 Å². The van der Waals surface area contributed by atoms with Crippen LogP contribution in [0.4, 0.5) is 0 Å². The highest BCUT2D eigenvalue weighted by Crippen LogP contribution is 2.17. The molecule has 71 heavy (non-hydrogen) atoms. The molecule has 9 heteroatoms. The van der Waals surface area contributed by atoms with Crippen molar-refractivity contribution >= 4 is 17.9 Å². The molecule has 0 spiro atoms. The largest absolute Gasteiger partial charge is 0.545 e. The SMILES string of the molecule is CC/C=C\C/C=C\C/C=C\C/C=C\C/C=C\CCCCCCCCCCCCCCCC(=O)OC(COC(=O)CCCCCCCCCCCCCCCCCCC)COC(OCC[N+](C)(C)C)C(=O)[O-]. The molecule has 0 bridgehead atoms. The Kier molecular flexibility index (Phi) is 51.0. The average Bonchev–Trinajstić information content (AvgIpc) is 3.34. The number of esters is 2. The fourth-order valence-electron chi connectivity index (χ4n) is 8.27. The summed E-state index contributed by atoms with van der Waals surface area (Å²) in [5.41, 5.74) is 0. The van der Waals surface area contributed by atoms with Crippen molar-refractivity contribution in [3.8, 4) is 0 Å². The fraction of sp³-hybridized carbons (Fsp3) is 0.790. The lowest BCUT2D eigenvalue weighted by atomic mass is 10.0. The predicted octanol–water partition coefficient (Wildman–Crippen LogP) is 15.9. The van der Waals surface area contributed by atoms with E-state index >= 15 is 0 Å². The first kappa shape index (κ1) is 68.0. The van der Waals surface area contributed by atoms with E-state index in [1.54, 1.807) is 0 Å². The van der Waals surface area contributed by atoms with Crippen LogP contribution in [-0.2, 0) is 33.3 Å². The Morgan fingerprint density at radius 1 is 0.437 bits per heavy atom. The van der Waals surface area contributed by atoms with Gasteiger partial charge in [-0.3, -0.25) is 9.59 Å². The molecule has 0 aromatic heterocycles. The van der Waals surface area contributed by atoms with Crippen molar-refractivity contribution in [1.82, 2.24) is 0 Å². The van der Waals surface area contributed by atoms with Gasteiger partial charge >= 0.3 is 11.9 Å². The monoisotopic (exact) mass is 998 g/mol. The Morgan fingerprint density at radius 3 is 1.20 bits per heavy atom. The first-order valence-electron chi connectivity index (χ1n) is 29.4. The minimum absolute atomic E-state index is 0.148. The summed E-state index contributed by atoms with van der Waals surface area (Å²) in [5.74, 6) is -2.27. The minimum Gasteiger partial charge on any atom is -0.545 e. The molecule has 2 unspecified atom stereocenters. The van der Waals surface area contributed by atoms with Gasteiger partial charge in [0.25, 0.3) is 0 Å². The van der Waals surface area contributed by atoms with E-state index in [-0.39, 0.29) is 32.2 Å². The van der Waals surface area contributed by atoms with E-state index in [2.05, 4.69) is 74.6 Å². The Bertz CT molecular complexity index is 1350. The van der Waals surface area contributed by atoms with Crippen molar-refractivity contribution in [3.05, 3.63) is 60.8 Å². The molecule has 0 aromatic rings. The lowest BCUT2D eigenvalue weighted by Crippen LogP contribution is -2.44. The molecule has 412 valence electrons. The van der Waals surface area contributed by atoms with Crippen molar-refractivity contribution in [2.24, 2.45) is 0 Å². The zero-order valence-electron chi connectivity index (χ0n) is 46.8. The maximum Gasteiger partial charge on any atom is 0.306 e. The van der Waals surface area contributed by atoms with Crippen LogP contribution in [-0.4, -0.2) is 82.3 Å². The molecule has 0 amide bonds. The summed E-state index contributed by atoms with van der Waals surface area (Å²) in [6, 6.07) is 0. The summed E-state index contributed by atoms with van der Waals surface area (Å²) in [6.45, 7) is 4.66. The Morgan fingerprint density at radius 2 is 0.803 bits per heavy atom. The number of aliphatic carboxylic acids is 1. The van der Waals surface area contributed by atoms with Crippen LogP contribution < -0.4 is 5.11 Å². The van der Waals surface area contributed by atoms with E-state index in [0.717, 1.165) is 70.6 Å². The Hall–Kier alpha value is -3.01. The number of unbranched alkanes of at least 4 members (excludes halogenated alkanes) is 29. The van der Waals surface area contributed by atoms with Gasteiger partial charge in [0.05, 0.1) is 40.3 Å². The zero-order chi connectivity index (χ0) is 52.0. The van der Waals surface area contributed by atoms with Crippen LogP contribution in [0.25, 0.3) is 0 Å². The van der Waals surface area contributed by atoms with Crippen molar-refractivity contribution in [3.63, 3.8) is 0 Å². The molecule has 2 atom stereocenters. The number of rotatable bonds is 54. The highest BCUT2D eigenvalue weighted by atomic mass is 16.7. The average molecular weight is 999 g/mol. The van der Waals surface area contributed by atoms with Crippen LogP contribution in [0.1, 0.15) is 258 Å². The summed E-state index contributed by atoms with van der Waals surface area (Å²) in [7, 11) is 5.92. The molecule has 0 aliphatic heterocycles. The first-order chi connectivity index (χ1) is 34.6. The van der Waals surface area contributed by atoms with E-state index in [1.807, 2.05) is 21.1 Å². The molecule has 0 aromatic carbocycles. The lowest BCUT2D eigenvalue weighted by Gasteiger charge is -2.26. The van der Waals surface area contributed by atoms with E-state index in [4.69, 9.17) is 18.9 Å². The number of carboxylic acids is 1. The van der Waals surface area contributed by atoms with E-state index < -0.39 is 24.3 Å². The molecule has 9 nitrogen and oxygen atoms in total. The molecule has 0 aliphatic rings. The zero-order valence-corrected chi connectivity index (χ0v) is 46.8. The molecule has 0 heterocycles. The Labute approximate surface area is 437 Å². The van der Waals surface area contributed by atoms with Crippen LogP contribution in [0.5, 0.6) is 0 Å². The second kappa shape index (κ2) is 53.3. The molecule has 0 N–H and O–H groups in total. The summed E-state index contributed by atoms with van der Waals surface area (Å²) < 4.78 is 22.7. The molecule has 0 radical (unpaired) electrons. The Balaban J connectivity index is 4.19. The van der Waals surface area contributed by atoms with Crippen molar-refractivity contribution in [2.75, 3.05) is 47.5 Å². The van der Waals surface area contributed by atoms with Crippen LogP contribution in [0.15, 0.2) is 60.8 Å². The van der Waals surface area contributed by atoms with Crippen molar-refractivity contribution < 1.29 is 42.9 Å². The minimum atomic E-state index is -1.62. The lowest BCUT2D eigenvalue weighted by molar-refractivity contribution is -0.870. The quantitative estimate of drug-likeness (QED) is 0.0195. The second-order valence-corrected chi connectivity index (χ2v) is 20.9. The van der Waals surface area contributed by atoms with Gasteiger partial charge in [-0.2, -0.15) is 0 Å². The summed E-state index contributed by atoms with van der Waals surface area (Å²) in [6.07, 6.45) is 64.1. The standard InChI is InChI=1S/C62H111NO8/c1-6-8-10-12-14-16-18-20-22-24-25-26-27-28-29-30-31-32-33-34-35-37-39-41-43-45-47-49-51-53-60(65)71-58(57-70-62(61(66)67)68-55-54-63(3,4)5)56-69-59(64)52-50-48-46-44-42-40-38-36-23-21-19-17-15-13-11-9-7-2/h8,10,14,16,20,22,25-26,28-29,58,62H,6-7,9,11-13,15,17-19,21,23-24,27,30-57H2,1-5H3/b10-8-,16-14-,22-20-,26-25-,29-28-. The third kappa shape index (κ3) is 54.6. The van der Waals surface area contributed by atoms with E-state index in [9.17, 15) is 19.5 Å². The number of carbonyl (C=O) groups is 3. The van der Waals surface area contributed by atoms with Crippen LogP contribution in [0.2, 0.25) is 0 Å². The van der Waals surface area contributed by atoms with Gasteiger partial charge in [-0.1, -0.05) is 248 Å². The highest BCUT2D eigenvalue weighted by molar-refractivity contribution is 5.70. The van der Waals surface area contributed by atoms with Gasteiger partial charge in [0.2, 0.25) is 0 Å². The second-order valence-electron chi connectivity index (χ2n) is 20.9. The van der Waals surface area contributed by atoms with Gasteiger partial charge in [-0.05, 0) is 57.8 Å². The molecular formula is C62H111NO8. The molecule has 0 rings (SSSR count). The summed E-state index contributed by atoms with van der Waals surface area (Å²) >= 11 is 0.